The van der Waals surface area contributed by atoms with Crippen molar-refractivity contribution >= 4 is 61.8 Å². The van der Waals surface area contributed by atoms with Crippen LogP contribution in [0.2, 0.25) is 0 Å². The molecule has 0 bridgehead atoms. The van der Waals surface area contributed by atoms with Crippen LogP contribution in [0.25, 0.3) is 33.4 Å². The van der Waals surface area contributed by atoms with Crippen LogP contribution in [0.1, 0.15) is 120 Å². The Balaban J connectivity index is 0.000000258. The molecular formula is C78H89BF6N6NaO15S3. The van der Waals surface area contributed by atoms with Crippen LogP contribution in [0.4, 0.5) is 26.3 Å². The molecule has 21 nitrogen and oxygen atoms in total. The van der Waals surface area contributed by atoms with Crippen molar-refractivity contribution in [3.05, 3.63) is 221 Å². The first-order valence-corrected chi connectivity index (χ1v) is 39.0. The maximum absolute atomic E-state index is 14.0. The number of aryl methyl sites for hydroxylation is 2. The number of nitrogens with two attached hydrogens (primary N) is 2. The van der Waals surface area contributed by atoms with E-state index in [0.29, 0.717) is 55.0 Å². The molecule has 0 amide bonds. The molecule has 8 N–H and O–H groups in total. The largest absolute Gasteiger partial charge is 1.00 e. The van der Waals surface area contributed by atoms with E-state index in [4.69, 9.17) is 20.9 Å². The van der Waals surface area contributed by atoms with E-state index in [2.05, 4.69) is 55.0 Å². The summed E-state index contributed by atoms with van der Waals surface area (Å²) in [6.45, 7) is 8.97. The molecule has 0 atom stereocenters. The van der Waals surface area contributed by atoms with Gasteiger partial charge in [0, 0.05) is 112 Å². The van der Waals surface area contributed by atoms with E-state index in [1.807, 2.05) is 37.3 Å². The number of carbonyl (C=O) groups is 4. The number of sulfonamides is 3. The molecule has 3 radical (unpaired) electrons. The van der Waals surface area contributed by atoms with Gasteiger partial charge in [-0.1, -0.05) is 48.5 Å². The minimum Gasteiger partial charge on any atom is -0.793 e. The third-order valence-corrected chi connectivity index (χ3v) is 22.2. The zero-order valence-electron chi connectivity index (χ0n) is 62.2. The van der Waals surface area contributed by atoms with E-state index in [1.165, 1.54) is 132 Å². The van der Waals surface area contributed by atoms with Gasteiger partial charge in [0.25, 0.3) is 0 Å². The fraction of sp³-hybridized carbons (Fsp3) is 0.333. The fourth-order valence-corrected chi connectivity index (χ4v) is 15.5. The second kappa shape index (κ2) is 44.7. The summed E-state index contributed by atoms with van der Waals surface area (Å²) in [5.41, 5.74) is 18.2. The van der Waals surface area contributed by atoms with Gasteiger partial charge in [0.1, 0.15) is 52.2 Å². The average Bonchev–Trinajstić information content (AvgIpc) is 0.817. The molecule has 3 saturated carbocycles. The Morgan fingerprint density at radius 2 is 0.755 bits per heavy atom. The topological polar surface area (TPSA) is 317 Å². The Morgan fingerprint density at radius 3 is 1.05 bits per heavy atom. The molecule has 3 aliphatic carbocycles. The zero-order valence-corrected chi connectivity index (χ0v) is 66.7. The Labute approximate surface area is 662 Å². The number of halogens is 6. The van der Waals surface area contributed by atoms with Gasteiger partial charge in [0.05, 0.1) is 28.9 Å². The van der Waals surface area contributed by atoms with Gasteiger partial charge in [-0.3, -0.25) is 9.59 Å². The molecule has 0 unspecified atom stereocenters. The Morgan fingerprint density at radius 1 is 0.445 bits per heavy atom. The number of nitrogens with one attached hydrogen (secondary N) is 4. The number of Topliss-reactive ketones (excluding diaryl/α,β-unsaturated/α-hetero) is 1. The van der Waals surface area contributed by atoms with Gasteiger partial charge in [-0.2, -0.15) is 0 Å². The first kappa shape index (κ1) is 92.3. The van der Waals surface area contributed by atoms with E-state index >= 15 is 0 Å². The fourth-order valence-electron chi connectivity index (χ4n) is 11.6. The third-order valence-electron chi connectivity index (χ3n) is 17.6. The van der Waals surface area contributed by atoms with Crippen molar-refractivity contribution in [3.8, 4) is 44.9 Å². The average molecular weight is 1590 g/mol. The zero-order chi connectivity index (χ0) is 80.2. The van der Waals surface area contributed by atoms with Crippen LogP contribution >= 0.6 is 0 Å². The number of hydrogen-bond donors (Lipinski definition) is 6. The van der Waals surface area contributed by atoms with Crippen molar-refractivity contribution in [1.82, 2.24) is 19.5 Å². The smallest absolute Gasteiger partial charge is 0.793 e. The number of rotatable bonds is 18. The molecule has 0 aliphatic heterocycles. The predicted octanol–water partition coefficient (Wildman–Crippen LogP) is 10.1. The quantitative estimate of drug-likeness (QED) is 0.0201. The van der Waals surface area contributed by atoms with Crippen LogP contribution in [0, 0.1) is 48.8 Å². The summed E-state index contributed by atoms with van der Waals surface area (Å²) in [5.74, 6) is -3.93. The number of benzene rings is 8. The summed E-state index contributed by atoms with van der Waals surface area (Å²) >= 11 is 0. The summed E-state index contributed by atoms with van der Waals surface area (Å²) in [5, 5.41) is 3.59. The minimum atomic E-state index is -3.71. The molecule has 585 valence electrons. The van der Waals surface area contributed by atoms with E-state index in [9.17, 15) is 70.8 Å². The number of carbonyl (C=O) groups excluding carboxylic acids is 4. The van der Waals surface area contributed by atoms with Crippen molar-refractivity contribution in [2.24, 2.45) is 11.5 Å². The van der Waals surface area contributed by atoms with Crippen LogP contribution < -0.4 is 70.0 Å². The molecule has 0 saturated heterocycles. The van der Waals surface area contributed by atoms with Gasteiger partial charge in [-0.25, -0.2) is 85.1 Å². The van der Waals surface area contributed by atoms with Crippen LogP contribution in [-0.4, -0.2) is 101 Å². The third kappa shape index (κ3) is 30.1. The predicted molar refractivity (Wildman–Crippen MR) is 401 cm³/mol. The van der Waals surface area contributed by atoms with Crippen molar-refractivity contribution in [3.63, 3.8) is 0 Å². The molecule has 110 heavy (non-hydrogen) atoms. The minimum absolute atomic E-state index is 0. The molecule has 3 aliphatic rings. The van der Waals surface area contributed by atoms with E-state index in [1.54, 1.807) is 14.2 Å². The maximum atomic E-state index is 14.0. The molecule has 11 rings (SSSR count). The van der Waals surface area contributed by atoms with Gasteiger partial charge in [0.15, 0.2) is 0 Å². The Bertz CT molecular complexity index is 4700. The van der Waals surface area contributed by atoms with E-state index in [-0.39, 0.29) is 90.9 Å². The SMILES string of the molecule is CC(=O)OOC(C)=O.COc1ccc(CN)c(C)c1.COc1ccc(CNC2CCC(NS(=O)(=O)c3ccc(-c4ccc(F)cc4F)cc3)CC2)c(C)c1.NC1CCC(NS(=O)(=O)c2ccc(-c3ccc(F)cc3F)cc2)CC1.O=C1CCC(NS(=O)(=O)c2ccc(-c3ccc(F)cc3F)cc2)CC1.[B-]OC(C)=O.[Na+]. The van der Waals surface area contributed by atoms with Crippen molar-refractivity contribution in [2.75, 3.05) is 14.2 Å². The molecule has 0 aromatic heterocycles. The van der Waals surface area contributed by atoms with Crippen molar-refractivity contribution in [1.29, 1.82) is 0 Å². The summed E-state index contributed by atoms with van der Waals surface area (Å²) in [4.78, 5) is 48.3. The molecular weight excluding hydrogens is 1500 g/mol. The molecule has 0 heterocycles. The Hall–Kier alpha value is -8.31. The second-order valence-corrected chi connectivity index (χ2v) is 30.9. The molecule has 8 aromatic carbocycles. The van der Waals surface area contributed by atoms with Crippen LogP contribution in [-0.2, 0) is 76.8 Å². The van der Waals surface area contributed by atoms with Crippen molar-refractivity contribution < 1.29 is 124 Å². The summed E-state index contributed by atoms with van der Waals surface area (Å²) in [6.07, 6.45) is 8.06. The Kier molecular flexibility index (Phi) is 37.5. The van der Waals surface area contributed by atoms with Gasteiger partial charge < -0.3 is 39.0 Å². The van der Waals surface area contributed by atoms with Crippen molar-refractivity contribution in [2.45, 2.75) is 170 Å². The number of ketones is 1. The molecule has 3 fully saturated rings. The molecule has 32 heteroatoms. The monoisotopic (exact) mass is 1590 g/mol. The van der Waals surface area contributed by atoms with Crippen LogP contribution in [0.5, 0.6) is 11.5 Å². The maximum Gasteiger partial charge on any atom is 1.00 e. The van der Waals surface area contributed by atoms with Crippen LogP contribution in [0.15, 0.2) is 178 Å². The molecule has 0 spiro atoms. The van der Waals surface area contributed by atoms with Gasteiger partial charge in [-0.05, 0) is 214 Å². The van der Waals surface area contributed by atoms with E-state index < -0.39 is 82.9 Å². The standard InChI is InChI=1S/C27H30F2N2O3S.C18H20F2N2O2S.C18H17F2NO3S.C9H13NO.C4H6O4.C2H3BO2.Na/c1-18-15-24(34-2)11-3-20(18)17-30-22-7-9-23(10-8-22)31-35(32,33)25-12-4-19(5-13-25)26-14-6-21(28)16-27(26)29;19-13-3-10-17(18(20)11-13)12-1-8-16(9-2-12)25(23,24)22-15-6-4-14(21)5-7-15;19-13-3-10-17(18(20)11-13)12-1-8-16(9-2-12)25(23,24)21-14-4-6-15(22)7-5-14;1-7-5-9(11-2)4-3-8(7)6-10;1-3(5)7-8-4(2)6;1-2(4)5-3;/h3-6,11-16,22-23,30-31H,7-10,17H2,1-2H3;1-3,8-11,14-15,22H,4-7,21H2;1-3,8-11,14,21H,4-7H2;3-5H,6,10H2,1-2H3;1-2H3;1H3;/q;;;;;-1;+1. The summed E-state index contributed by atoms with van der Waals surface area (Å²) < 4.78 is 178. The number of methoxy groups -OCH3 is 2. The van der Waals surface area contributed by atoms with Gasteiger partial charge in [-0.15, -0.1) is 0 Å². The normalized spacial score (nSPS) is 16.2. The van der Waals surface area contributed by atoms with Gasteiger partial charge in [0.2, 0.25) is 36.0 Å². The van der Waals surface area contributed by atoms with E-state index in [0.717, 1.165) is 108 Å². The summed E-state index contributed by atoms with van der Waals surface area (Å²) in [6, 6.07) is 39.4. The first-order chi connectivity index (χ1) is 51.6. The number of hydrogen-bond acceptors (Lipinski definition) is 18. The second-order valence-electron chi connectivity index (χ2n) is 25.7. The number of ether oxygens (including phenoxy) is 2. The molecule has 8 aromatic rings. The van der Waals surface area contributed by atoms with Crippen LogP contribution in [0.3, 0.4) is 0 Å². The first-order valence-electron chi connectivity index (χ1n) is 34.6. The van der Waals surface area contributed by atoms with Gasteiger partial charge >= 0.3 is 41.5 Å². The summed E-state index contributed by atoms with van der Waals surface area (Å²) in [7, 11) is -3.40.